The summed E-state index contributed by atoms with van der Waals surface area (Å²) in [4.78, 5) is 28.8. The number of carbonyl (C=O) groups excluding carboxylic acids is 1. The number of pyridine rings is 1. The van der Waals surface area contributed by atoms with E-state index in [-0.39, 0.29) is 29.4 Å². The van der Waals surface area contributed by atoms with Gasteiger partial charge in [-0.05, 0) is 66.8 Å². The Bertz CT molecular complexity index is 1250. The first kappa shape index (κ1) is 26.9. The molecule has 1 saturated heterocycles. The minimum Gasteiger partial charge on any atom is -0.481 e. The fourth-order valence-corrected chi connectivity index (χ4v) is 8.02. The summed E-state index contributed by atoms with van der Waals surface area (Å²) in [7, 11) is -3.48. The summed E-state index contributed by atoms with van der Waals surface area (Å²) in [5.41, 5.74) is 0.279. The van der Waals surface area contributed by atoms with Gasteiger partial charge in [0, 0.05) is 17.4 Å². The summed E-state index contributed by atoms with van der Waals surface area (Å²) < 4.78 is 27.0. The van der Waals surface area contributed by atoms with Crippen LogP contribution >= 0.6 is 23.2 Å². The number of carboxylic acids is 1. The monoisotopic (exact) mass is 552 g/mol. The standard InChI is InChI=1S/C26H30Cl2N2O5S/c1-15(9-22(36(34,35)20-7-8-20)17-10-19(28)14-29-13-17)21-11-26(2,12-23(31)32)25(33)30-24(21)16-3-5-18(27)6-4-16/h3-6,10,13-15,20-22,24H,7-9,11-12H2,1-2H3,(H,30,33)(H,31,32)/t15?,21-,22+,24-,26+/m1/s1. The minimum absolute atomic E-state index is 0.183. The quantitative estimate of drug-likeness (QED) is 0.431. The lowest BCUT2D eigenvalue weighted by molar-refractivity contribution is -0.149. The number of aromatic nitrogens is 1. The van der Waals surface area contributed by atoms with Crippen molar-refractivity contribution in [2.75, 3.05) is 0 Å². The molecule has 1 aromatic heterocycles. The Balaban J connectivity index is 1.70. The van der Waals surface area contributed by atoms with Gasteiger partial charge >= 0.3 is 5.97 Å². The number of halogens is 2. The van der Waals surface area contributed by atoms with E-state index in [1.165, 1.54) is 6.20 Å². The Labute approximate surface area is 221 Å². The normalized spacial score (nSPS) is 26.2. The number of hydrogen-bond acceptors (Lipinski definition) is 5. The van der Waals surface area contributed by atoms with Crippen LogP contribution in [0.15, 0.2) is 42.7 Å². The fourth-order valence-electron chi connectivity index (χ4n) is 5.38. The third kappa shape index (κ3) is 5.71. The Morgan fingerprint density at radius 2 is 1.86 bits per heavy atom. The predicted molar refractivity (Wildman–Crippen MR) is 139 cm³/mol. The highest BCUT2D eigenvalue weighted by Gasteiger charge is 2.49. The Morgan fingerprint density at radius 3 is 2.44 bits per heavy atom. The van der Waals surface area contributed by atoms with Crippen LogP contribution in [0.25, 0.3) is 0 Å². The van der Waals surface area contributed by atoms with Crippen molar-refractivity contribution in [2.45, 2.75) is 62.5 Å². The van der Waals surface area contributed by atoms with Crippen LogP contribution in [0.5, 0.6) is 0 Å². The van der Waals surface area contributed by atoms with Gasteiger partial charge in [-0.15, -0.1) is 0 Å². The topological polar surface area (TPSA) is 113 Å². The van der Waals surface area contributed by atoms with Crippen LogP contribution in [-0.2, 0) is 19.4 Å². The van der Waals surface area contributed by atoms with Crippen molar-refractivity contribution in [3.8, 4) is 0 Å². The van der Waals surface area contributed by atoms with E-state index in [9.17, 15) is 23.1 Å². The molecule has 10 heteroatoms. The molecule has 4 rings (SSSR count). The number of piperidine rings is 1. The van der Waals surface area contributed by atoms with E-state index >= 15 is 0 Å². The van der Waals surface area contributed by atoms with Crippen molar-refractivity contribution in [2.24, 2.45) is 17.3 Å². The van der Waals surface area contributed by atoms with Crippen LogP contribution in [0.3, 0.4) is 0 Å². The molecule has 194 valence electrons. The van der Waals surface area contributed by atoms with Gasteiger partial charge < -0.3 is 10.4 Å². The number of benzene rings is 1. The number of aliphatic carboxylic acids is 1. The summed E-state index contributed by atoms with van der Waals surface area (Å²) in [6.45, 7) is 3.63. The number of sulfone groups is 1. The second-order valence-electron chi connectivity index (χ2n) is 10.4. The molecule has 0 bridgehead atoms. The van der Waals surface area contributed by atoms with Crippen LogP contribution in [-0.4, -0.2) is 35.6 Å². The van der Waals surface area contributed by atoms with Crippen LogP contribution < -0.4 is 5.32 Å². The van der Waals surface area contributed by atoms with E-state index in [2.05, 4.69) is 10.3 Å². The maximum atomic E-state index is 13.5. The molecule has 2 N–H and O–H groups in total. The first-order valence-electron chi connectivity index (χ1n) is 12.0. The largest absolute Gasteiger partial charge is 0.481 e. The number of nitrogens with zero attached hydrogens (tertiary/aromatic N) is 1. The van der Waals surface area contributed by atoms with Crippen LogP contribution in [0.4, 0.5) is 0 Å². The Morgan fingerprint density at radius 1 is 1.19 bits per heavy atom. The van der Waals surface area contributed by atoms with Crippen molar-refractivity contribution < 1.29 is 23.1 Å². The maximum Gasteiger partial charge on any atom is 0.304 e. The van der Waals surface area contributed by atoms with Gasteiger partial charge in [-0.3, -0.25) is 14.6 Å². The van der Waals surface area contributed by atoms with E-state index < -0.39 is 32.5 Å². The molecule has 2 fully saturated rings. The number of nitrogens with one attached hydrogen (secondary N) is 1. The number of carboxylic acid groups (broad SMARTS) is 1. The van der Waals surface area contributed by atoms with Crippen LogP contribution in [0.1, 0.15) is 68.4 Å². The molecule has 2 aromatic rings. The fraction of sp³-hybridized carbons (Fsp3) is 0.500. The molecule has 0 radical (unpaired) electrons. The van der Waals surface area contributed by atoms with Gasteiger partial charge in [-0.2, -0.15) is 0 Å². The average molecular weight is 554 g/mol. The molecule has 1 aromatic carbocycles. The predicted octanol–water partition coefficient (Wildman–Crippen LogP) is 5.39. The second kappa shape index (κ2) is 10.3. The lowest BCUT2D eigenvalue weighted by atomic mass is 9.66. The highest BCUT2D eigenvalue weighted by Crippen LogP contribution is 2.48. The molecule has 1 aliphatic heterocycles. The SMILES string of the molecule is CC(C[C@@H](c1cncc(Cl)c1)S(=O)(=O)C1CC1)[C@H]1C[C@@](C)(CC(=O)O)C(=O)N[C@@H]1c1ccc(Cl)cc1. The van der Waals surface area contributed by atoms with Gasteiger partial charge in [-0.25, -0.2) is 8.42 Å². The molecular weight excluding hydrogens is 523 g/mol. The van der Waals surface area contributed by atoms with Gasteiger partial charge in [0.25, 0.3) is 0 Å². The molecule has 2 heterocycles. The smallest absolute Gasteiger partial charge is 0.304 e. The lowest BCUT2D eigenvalue weighted by Gasteiger charge is -2.45. The number of carbonyl (C=O) groups is 2. The molecule has 5 atom stereocenters. The molecular formula is C26H30Cl2N2O5S. The maximum absolute atomic E-state index is 13.5. The van der Waals surface area contributed by atoms with E-state index in [1.807, 2.05) is 19.1 Å². The van der Waals surface area contributed by atoms with E-state index in [1.54, 1.807) is 31.3 Å². The number of hydrogen-bond donors (Lipinski definition) is 2. The van der Waals surface area contributed by atoms with Gasteiger partial charge in [0.05, 0.1) is 33.4 Å². The van der Waals surface area contributed by atoms with Crippen LogP contribution in [0.2, 0.25) is 10.0 Å². The summed E-state index contributed by atoms with van der Waals surface area (Å²) >= 11 is 12.2. The third-order valence-corrected chi connectivity index (χ3v) is 10.6. The van der Waals surface area contributed by atoms with Crippen molar-refractivity contribution >= 4 is 44.9 Å². The molecule has 1 saturated carbocycles. The highest BCUT2D eigenvalue weighted by atomic mass is 35.5. The van der Waals surface area contributed by atoms with Crippen molar-refractivity contribution in [1.29, 1.82) is 0 Å². The van der Waals surface area contributed by atoms with Gasteiger partial charge in [0.1, 0.15) is 0 Å². The molecule has 7 nitrogen and oxygen atoms in total. The second-order valence-corrected chi connectivity index (χ2v) is 13.7. The molecule has 1 unspecified atom stereocenters. The number of amides is 1. The van der Waals surface area contributed by atoms with Gasteiger partial charge in [0.15, 0.2) is 9.84 Å². The average Bonchev–Trinajstić information content (AvgIpc) is 3.65. The van der Waals surface area contributed by atoms with E-state index in [4.69, 9.17) is 23.2 Å². The van der Waals surface area contributed by atoms with Crippen LogP contribution in [0, 0.1) is 17.3 Å². The zero-order chi connectivity index (χ0) is 26.3. The molecule has 0 spiro atoms. The zero-order valence-electron chi connectivity index (χ0n) is 20.2. The van der Waals surface area contributed by atoms with Crippen molar-refractivity contribution in [3.05, 3.63) is 63.9 Å². The first-order valence-corrected chi connectivity index (χ1v) is 14.4. The van der Waals surface area contributed by atoms with Crippen molar-refractivity contribution in [3.63, 3.8) is 0 Å². The van der Waals surface area contributed by atoms with E-state index in [0.717, 1.165) is 5.56 Å². The number of rotatable bonds is 9. The zero-order valence-corrected chi connectivity index (χ0v) is 22.5. The Hall–Kier alpha value is -2.16. The summed E-state index contributed by atoms with van der Waals surface area (Å²) in [6.07, 6.45) is 4.61. The van der Waals surface area contributed by atoms with Crippen molar-refractivity contribution in [1.82, 2.24) is 10.3 Å². The summed E-state index contributed by atoms with van der Waals surface area (Å²) in [6, 6.07) is 8.41. The van der Waals surface area contributed by atoms with E-state index in [0.29, 0.717) is 41.3 Å². The first-order chi connectivity index (χ1) is 16.9. The molecule has 1 aliphatic carbocycles. The van der Waals surface area contributed by atoms with Gasteiger partial charge in [0.2, 0.25) is 5.91 Å². The molecule has 36 heavy (non-hydrogen) atoms. The molecule has 2 aliphatic rings. The molecule has 1 amide bonds. The minimum atomic E-state index is -3.48. The third-order valence-electron chi connectivity index (χ3n) is 7.52. The lowest BCUT2D eigenvalue weighted by Crippen LogP contribution is -2.52. The summed E-state index contributed by atoms with van der Waals surface area (Å²) in [5, 5.41) is 12.3. The highest BCUT2D eigenvalue weighted by molar-refractivity contribution is 7.92. The Kier molecular flexibility index (Phi) is 7.70. The summed E-state index contributed by atoms with van der Waals surface area (Å²) in [5.74, 6) is -1.77. The van der Waals surface area contributed by atoms with Gasteiger partial charge in [-0.1, -0.05) is 49.2 Å².